The van der Waals surface area contributed by atoms with E-state index in [1.54, 1.807) is 21.3 Å². The molecule has 0 aliphatic heterocycles. The molecule has 4 rings (SSSR count). The Bertz CT molecular complexity index is 1300. The number of nitrogens with zero attached hydrogens (tertiary/aromatic N) is 3. The van der Waals surface area contributed by atoms with Crippen LogP contribution < -0.4 is 19.5 Å². The van der Waals surface area contributed by atoms with Crippen molar-refractivity contribution in [3.63, 3.8) is 0 Å². The van der Waals surface area contributed by atoms with Crippen LogP contribution in [0.15, 0.2) is 71.9 Å². The minimum absolute atomic E-state index is 0.150. The van der Waals surface area contributed by atoms with Crippen LogP contribution in [0.2, 0.25) is 0 Å². The predicted molar refractivity (Wildman–Crippen MR) is 137 cm³/mol. The van der Waals surface area contributed by atoms with Gasteiger partial charge in [0.15, 0.2) is 5.16 Å². The largest absolute Gasteiger partial charge is 0.497 e. The van der Waals surface area contributed by atoms with Gasteiger partial charge in [-0.15, -0.1) is 10.2 Å². The molecule has 0 spiro atoms. The molecule has 0 radical (unpaired) electrons. The van der Waals surface area contributed by atoms with Crippen molar-refractivity contribution in [2.75, 3.05) is 32.4 Å². The summed E-state index contributed by atoms with van der Waals surface area (Å²) < 4.78 is 17.9. The van der Waals surface area contributed by atoms with Crippen LogP contribution in [0.1, 0.15) is 5.82 Å². The fraction of sp³-hybridized carbons (Fsp3) is 0.192. The van der Waals surface area contributed by atoms with Gasteiger partial charge in [0.05, 0.1) is 27.1 Å². The minimum atomic E-state index is -0.150. The highest BCUT2D eigenvalue weighted by molar-refractivity contribution is 7.99. The third kappa shape index (κ3) is 5.58. The summed E-state index contributed by atoms with van der Waals surface area (Å²) in [5.41, 5.74) is 3.40. The number of aryl methyl sites for hydroxylation is 1. The molecule has 1 aromatic heterocycles. The first kappa shape index (κ1) is 24.2. The first-order valence-corrected chi connectivity index (χ1v) is 11.8. The van der Waals surface area contributed by atoms with Crippen molar-refractivity contribution in [2.45, 2.75) is 12.1 Å². The van der Waals surface area contributed by atoms with Crippen LogP contribution in [0.5, 0.6) is 17.2 Å². The number of anilines is 1. The average molecular weight is 491 g/mol. The average Bonchev–Trinajstić information content (AvgIpc) is 3.27. The topological polar surface area (TPSA) is 87.5 Å². The molecule has 0 saturated carbocycles. The predicted octanol–water partition coefficient (Wildman–Crippen LogP) is 5.00. The number of hydrogen-bond donors (Lipinski definition) is 1. The van der Waals surface area contributed by atoms with Crippen LogP contribution in [0, 0.1) is 6.92 Å². The lowest BCUT2D eigenvalue weighted by Gasteiger charge is -2.13. The van der Waals surface area contributed by atoms with E-state index in [1.807, 2.05) is 78.2 Å². The van der Waals surface area contributed by atoms with Gasteiger partial charge >= 0.3 is 0 Å². The molecule has 180 valence electrons. The van der Waals surface area contributed by atoms with E-state index < -0.39 is 0 Å². The minimum Gasteiger partial charge on any atom is -0.497 e. The van der Waals surface area contributed by atoms with Gasteiger partial charge in [-0.05, 0) is 67.1 Å². The molecule has 0 aliphatic rings. The molecule has 9 heteroatoms. The molecule has 0 saturated heterocycles. The van der Waals surface area contributed by atoms with Gasteiger partial charge in [-0.25, -0.2) is 0 Å². The van der Waals surface area contributed by atoms with E-state index in [1.165, 1.54) is 11.8 Å². The lowest BCUT2D eigenvalue weighted by Crippen LogP contribution is -2.14. The molecule has 0 unspecified atom stereocenters. The first-order valence-electron chi connectivity index (χ1n) is 10.8. The Morgan fingerprint density at radius 2 is 1.54 bits per heavy atom. The van der Waals surface area contributed by atoms with Crippen molar-refractivity contribution in [3.8, 4) is 34.1 Å². The molecule has 1 amide bonds. The van der Waals surface area contributed by atoms with Crippen molar-refractivity contribution in [2.24, 2.45) is 0 Å². The molecular weight excluding hydrogens is 464 g/mol. The smallest absolute Gasteiger partial charge is 0.234 e. The molecule has 0 atom stereocenters. The normalized spacial score (nSPS) is 10.6. The number of thioether (sulfide) groups is 1. The van der Waals surface area contributed by atoms with E-state index in [0.29, 0.717) is 16.6 Å². The Hall–Kier alpha value is -3.98. The molecule has 4 aromatic rings. The van der Waals surface area contributed by atoms with Crippen LogP contribution in [-0.4, -0.2) is 47.8 Å². The van der Waals surface area contributed by atoms with E-state index in [-0.39, 0.29) is 11.7 Å². The van der Waals surface area contributed by atoms with Gasteiger partial charge in [0, 0.05) is 16.9 Å². The van der Waals surface area contributed by atoms with Crippen LogP contribution in [-0.2, 0) is 4.79 Å². The highest BCUT2D eigenvalue weighted by Gasteiger charge is 2.15. The Labute approximate surface area is 208 Å². The third-order valence-corrected chi connectivity index (χ3v) is 6.27. The van der Waals surface area contributed by atoms with Gasteiger partial charge in [0.2, 0.25) is 5.91 Å². The zero-order valence-corrected chi connectivity index (χ0v) is 20.8. The fourth-order valence-corrected chi connectivity index (χ4v) is 4.37. The lowest BCUT2D eigenvalue weighted by atomic mass is 10.0. The molecule has 0 bridgehead atoms. The van der Waals surface area contributed by atoms with Gasteiger partial charge in [-0.1, -0.05) is 23.9 Å². The van der Waals surface area contributed by atoms with Gasteiger partial charge < -0.3 is 19.5 Å². The molecular formula is C26H26N4O4S. The van der Waals surface area contributed by atoms with E-state index in [2.05, 4.69) is 15.5 Å². The highest BCUT2D eigenvalue weighted by atomic mass is 32.2. The van der Waals surface area contributed by atoms with Crippen molar-refractivity contribution in [1.82, 2.24) is 14.8 Å². The Morgan fingerprint density at radius 3 is 2.17 bits per heavy atom. The maximum atomic E-state index is 12.8. The number of carbonyl (C=O) groups is 1. The fourth-order valence-electron chi connectivity index (χ4n) is 3.57. The zero-order chi connectivity index (χ0) is 24.8. The van der Waals surface area contributed by atoms with E-state index in [0.717, 1.165) is 34.1 Å². The molecule has 3 aromatic carbocycles. The van der Waals surface area contributed by atoms with Crippen LogP contribution in [0.3, 0.4) is 0 Å². The molecule has 1 heterocycles. The molecule has 8 nitrogen and oxygen atoms in total. The first-order chi connectivity index (χ1) is 17.0. The van der Waals surface area contributed by atoms with Gasteiger partial charge in [-0.2, -0.15) is 0 Å². The number of hydrogen-bond acceptors (Lipinski definition) is 7. The molecule has 1 N–H and O–H groups in total. The number of benzene rings is 3. The lowest BCUT2D eigenvalue weighted by molar-refractivity contribution is -0.113. The number of ether oxygens (including phenoxy) is 3. The monoisotopic (exact) mass is 490 g/mol. The van der Waals surface area contributed by atoms with Crippen LogP contribution >= 0.6 is 11.8 Å². The van der Waals surface area contributed by atoms with Crippen molar-refractivity contribution >= 4 is 23.4 Å². The highest BCUT2D eigenvalue weighted by Crippen LogP contribution is 2.33. The van der Waals surface area contributed by atoms with Crippen LogP contribution in [0.25, 0.3) is 16.8 Å². The number of carbonyl (C=O) groups excluding carboxylic acids is 1. The molecule has 0 fully saturated rings. The van der Waals surface area contributed by atoms with Gasteiger partial charge in [0.1, 0.15) is 23.1 Å². The van der Waals surface area contributed by atoms with Crippen molar-refractivity contribution in [1.29, 1.82) is 0 Å². The summed E-state index contributed by atoms with van der Waals surface area (Å²) in [6.07, 6.45) is 0. The number of methoxy groups -OCH3 is 3. The second-order valence-electron chi connectivity index (χ2n) is 7.54. The summed E-state index contributed by atoms with van der Waals surface area (Å²) >= 11 is 1.32. The second-order valence-corrected chi connectivity index (χ2v) is 8.49. The summed E-state index contributed by atoms with van der Waals surface area (Å²) in [4.78, 5) is 12.8. The van der Waals surface area contributed by atoms with E-state index >= 15 is 0 Å². The summed E-state index contributed by atoms with van der Waals surface area (Å²) in [7, 11) is 4.88. The standard InChI is InChI=1S/C26H26N4O4S/c1-17-28-29-26(30(17)20-8-12-22(33-3)13-9-20)35-16-25(31)27-19-7-14-24(34-4)23(15-19)18-5-10-21(32-2)11-6-18/h5-15H,16H2,1-4H3,(H,27,31). The second kappa shape index (κ2) is 11.0. The van der Waals surface area contributed by atoms with Gasteiger partial charge in [-0.3, -0.25) is 9.36 Å². The quantitative estimate of drug-likeness (QED) is 0.330. The van der Waals surface area contributed by atoms with Crippen LogP contribution in [0.4, 0.5) is 5.69 Å². The summed E-state index contributed by atoms with van der Waals surface area (Å²) in [5, 5.41) is 12.0. The number of aromatic nitrogens is 3. The molecule has 0 aliphatic carbocycles. The third-order valence-electron chi connectivity index (χ3n) is 5.34. The zero-order valence-electron chi connectivity index (χ0n) is 19.9. The van der Waals surface area contributed by atoms with Gasteiger partial charge in [0.25, 0.3) is 0 Å². The molecule has 35 heavy (non-hydrogen) atoms. The maximum Gasteiger partial charge on any atom is 0.234 e. The van der Waals surface area contributed by atoms with Crippen molar-refractivity contribution < 1.29 is 19.0 Å². The summed E-state index contributed by atoms with van der Waals surface area (Å²) in [6.45, 7) is 1.87. The maximum absolute atomic E-state index is 12.8. The number of nitrogens with one attached hydrogen (secondary N) is 1. The van der Waals surface area contributed by atoms with E-state index in [4.69, 9.17) is 14.2 Å². The van der Waals surface area contributed by atoms with E-state index in [9.17, 15) is 4.79 Å². The Balaban J connectivity index is 1.47. The Kier molecular flexibility index (Phi) is 7.57. The SMILES string of the molecule is COc1ccc(-c2cc(NC(=O)CSc3nnc(C)n3-c3ccc(OC)cc3)ccc2OC)cc1. The Morgan fingerprint density at radius 1 is 0.886 bits per heavy atom. The number of amides is 1. The summed E-state index contributed by atoms with van der Waals surface area (Å²) in [5.74, 6) is 3.01. The van der Waals surface area contributed by atoms with Crippen molar-refractivity contribution in [3.05, 3.63) is 72.6 Å². The summed E-state index contributed by atoms with van der Waals surface area (Å²) in [6, 6.07) is 20.8. The number of rotatable bonds is 9.